The molecule has 2 amide bonds. The van der Waals surface area contributed by atoms with Crippen LogP contribution in [0.1, 0.15) is 38.3 Å². The zero-order valence-corrected chi connectivity index (χ0v) is 12.5. The number of hydrogen-bond acceptors (Lipinski definition) is 4. The zero-order valence-electron chi connectivity index (χ0n) is 12.5. The number of hydrogen-bond donors (Lipinski definition) is 3. The van der Waals surface area contributed by atoms with Crippen molar-refractivity contribution in [3.63, 3.8) is 0 Å². The van der Waals surface area contributed by atoms with Gasteiger partial charge < -0.3 is 21.1 Å². The van der Waals surface area contributed by atoms with E-state index in [-0.39, 0.29) is 18.0 Å². The van der Waals surface area contributed by atoms with Crippen molar-refractivity contribution in [2.24, 2.45) is 5.73 Å². The third kappa shape index (κ3) is 6.76. The molecule has 1 unspecified atom stereocenters. The van der Waals surface area contributed by atoms with Crippen LogP contribution in [-0.4, -0.2) is 25.2 Å². The van der Waals surface area contributed by atoms with Crippen LogP contribution < -0.4 is 16.4 Å². The van der Waals surface area contributed by atoms with Crippen molar-refractivity contribution >= 4 is 17.7 Å². The molecule has 6 nitrogen and oxygen atoms in total. The highest BCUT2D eigenvalue weighted by molar-refractivity contribution is 5.89. The van der Waals surface area contributed by atoms with Gasteiger partial charge in [-0.1, -0.05) is 12.1 Å². The number of rotatable bonds is 7. The Hall–Kier alpha value is -2.08. The van der Waals surface area contributed by atoms with Gasteiger partial charge in [0.2, 0.25) is 0 Å². The molecule has 1 aromatic rings. The SMILES string of the molecule is CCOC(=O)CCCNC(=O)Nc1cccc(C(C)N)c1. The Balaban J connectivity index is 2.30. The minimum Gasteiger partial charge on any atom is -0.466 e. The van der Waals surface area contributed by atoms with Crippen molar-refractivity contribution < 1.29 is 14.3 Å². The van der Waals surface area contributed by atoms with E-state index in [9.17, 15) is 9.59 Å². The highest BCUT2D eigenvalue weighted by atomic mass is 16.5. The summed E-state index contributed by atoms with van der Waals surface area (Å²) in [5, 5.41) is 5.42. The number of nitrogens with one attached hydrogen (secondary N) is 2. The fourth-order valence-corrected chi connectivity index (χ4v) is 1.74. The van der Waals surface area contributed by atoms with Gasteiger partial charge in [0.15, 0.2) is 0 Å². The topological polar surface area (TPSA) is 93.4 Å². The number of carbonyl (C=O) groups excluding carboxylic acids is 2. The number of benzene rings is 1. The Morgan fingerprint density at radius 3 is 2.81 bits per heavy atom. The quantitative estimate of drug-likeness (QED) is 0.530. The van der Waals surface area contributed by atoms with Crippen molar-refractivity contribution in [2.75, 3.05) is 18.5 Å². The molecule has 0 aliphatic rings. The normalized spacial score (nSPS) is 11.6. The van der Waals surface area contributed by atoms with Gasteiger partial charge in [-0.05, 0) is 38.0 Å². The second-order valence-corrected chi connectivity index (χ2v) is 4.70. The van der Waals surface area contributed by atoms with Crippen molar-refractivity contribution in [1.29, 1.82) is 0 Å². The molecule has 0 saturated carbocycles. The third-order valence-electron chi connectivity index (χ3n) is 2.82. The van der Waals surface area contributed by atoms with Gasteiger partial charge in [-0.3, -0.25) is 4.79 Å². The highest BCUT2D eigenvalue weighted by Gasteiger charge is 2.05. The molecule has 1 aromatic carbocycles. The summed E-state index contributed by atoms with van der Waals surface area (Å²) < 4.78 is 4.80. The Labute approximate surface area is 125 Å². The van der Waals surface area contributed by atoms with Gasteiger partial charge in [0, 0.05) is 24.7 Å². The van der Waals surface area contributed by atoms with Crippen LogP contribution in [0.3, 0.4) is 0 Å². The van der Waals surface area contributed by atoms with Crippen molar-refractivity contribution in [2.45, 2.75) is 32.7 Å². The van der Waals surface area contributed by atoms with Crippen molar-refractivity contribution in [3.8, 4) is 0 Å². The summed E-state index contributed by atoms with van der Waals surface area (Å²) in [6.07, 6.45) is 0.848. The molecule has 116 valence electrons. The van der Waals surface area contributed by atoms with Gasteiger partial charge in [0.05, 0.1) is 6.61 Å². The van der Waals surface area contributed by atoms with E-state index < -0.39 is 0 Å². The Bertz CT molecular complexity index is 475. The van der Waals surface area contributed by atoms with Gasteiger partial charge in [-0.15, -0.1) is 0 Å². The molecule has 1 rings (SSSR count). The third-order valence-corrected chi connectivity index (χ3v) is 2.82. The van der Waals surface area contributed by atoms with E-state index in [1.165, 1.54) is 0 Å². The van der Waals surface area contributed by atoms with Crippen molar-refractivity contribution in [3.05, 3.63) is 29.8 Å². The number of nitrogens with two attached hydrogens (primary N) is 1. The first-order valence-corrected chi connectivity index (χ1v) is 7.09. The summed E-state index contributed by atoms with van der Waals surface area (Å²) in [6, 6.07) is 7.00. The van der Waals surface area contributed by atoms with E-state index in [0.717, 1.165) is 5.56 Å². The summed E-state index contributed by atoms with van der Waals surface area (Å²) in [4.78, 5) is 22.8. The largest absolute Gasteiger partial charge is 0.466 e. The van der Waals surface area contributed by atoms with Crippen LogP contribution in [0.5, 0.6) is 0 Å². The fraction of sp³-hybridized carbons (Fsp3) is 0.467. The minimum atomic E-state index is -0.305. The number of esters is 1. The van der Waals surface area contributed by atoms with Gasteiger partial charge in [0.25, 0.3) is 0 Å². The molecular formula is C15H23N3O3. The first kappa shape index (κ1) is 17.0. The number of ether oxygens (including phenoxy) is 1. The predicted octanol–water partition coefficient (Wildman–Crippen LogP) is 2.17. The molecule has 0 aliphatic heterocycles. The van der Waals surface area contributed by atoms with Gasteiger partial charge in [-0.2, -0.15) is 0 Å². The first-order valence-electron chi connectivity index (χ1n) is 7.09. The second-order valence-electron chi connectivity index (χ2n) is 4.70. The van der Waals surface area contributed by atoms with E-state index in [4.69, 9.17) is 10.5 Å². The summed E-state index contributed by atoms with van der Waals surface area (Å²) in [7, 11) is 0. The van der Waals surface area contributed by atoms with Gasteiger partial charge >= 0.3 is 12.0 Å². The van der Waals surface area contributed by atoms with E-state index in [2.05, 4.69) is 10.6 Å². The number of carbonyl (C=O) groups is 2. The highest BCUT2D eigenvalue weighted by Crippen LogP contribution is 2.15. The first-order chi connectivity index (χ1) is 10.0. The molecule has 0 bridgehead atoms. The van der Waals surface area contributed by atoms with E-state index in [0.29, 0.717) is 31.7 Å². The average Bonchev–Trinajstić information content (AvgIpc) is 2.44. The maximum atomic E-state index is 11.7. The van der Waals surface area contributed by atoms with Crippen LogP contribution in [0.25, 0.3) is 0 Å². The van der Waals surface area contributed by atoms with Crippen molar-refractivity contribution in [1.82, 2.24) is 5.32 Å². The minimum absolute atomic E-state index is 0.0839. The van der Waals surface area contributed by atoms with Crippen LogP contribution in [-0.2, 0) is 9.53 Å². The molecule has 0 saturated heterocycles. The van der Waals surface area contributed by atoms with Crippen LogP contribution >= 0.6 is 0 Å². The zero-order chi connectivity index (χ0) is 15.7. The molecular weight excluding hydrogens is 270 g/mol. The molecule has 4 N–H and O–H groups in total. The molecule has 0 spiro atoms. The van der Waals surface area contributed by atoms with Crippen LogP contribution in [0, 0.1) is 0 Å². The Morgan fingerprint density at radius 1 is 1.38 bits per heavy atom. The van der Waals surface area contributed by atoms with Gasteiger partial charge in [-0.25, -0.2) is 4.79 Å². The summed E-state index contributed by atoms with van der Waals surface area (Å²) in [6.45, 7) is 4.44. The fourth-order valence-electron chi connectivity index (χ4n) is 1.74. The van der Waals surface area contributed by atoms with E-state index in [1.807, 2.05) is 25.1 Å². The molecule has 0 fully saturated rings. The van der Waals surface area contributed by atoms with Gasteiger partial charge in [0.1, 0.15) is 0 Å². The number of anilines is 1. The molecule has 0 aromatic heterocycles. The molecule has 0 aliphatic carbocycles. The lowest BCUT2D eigenvalue weighted by Crippen LogP contribution is -2.30. The lowest BCUT2D eigenvalue weighted by Gasteiger charge is -2.10. The Morgan fingerprint density at radius 2 is 2.14 bits per heavy atom. The molecule has 0 radical (unpaired) electrons. The summed E-state index contributed by atoms with van der Waals surface area (Å²) in [5.74, 6) is -0.246. The smallest absolute Gasteiger partial charge is 0.319 e. The lowest BCUT2D eigenvalue weighted by atomic mass is 10.1. The van der Waals surface area contributed by atoms with Crippen LogP contribution in [0.15, 0.2) is 24.3 Å². The average molecular weight is 293 g/mol. The van der Waals surface area contributed by atoms with Crippen LogP contribution in [0.2, 0.25) is 0 Å². The summed E-state index contributed by atoms with van der Waals surface area (Å²) >= 11 is 0. The van der Waals surface area contributed by atoms with Crippen LogP contribution in [0.4, 0.5) is 10.5 Å². The summed E-state index contributed by atoms with van der Waals surface area (Å²) in [5.41, 5.74) is 7.43. The lowest BCUT2D eigenvalue weighted by molar-refractivity contribution is -0.143. The number of amides is 2. The molecule has 21 heavy (non-hydrogen) atoms. The maximum absolute atomic E-state index is 11.7. The van der Waals surface area contributed by atoms with E-state index in [1.54, 1.807) is 13.0 Å². The standard InChI is InChI=1S/C15H23N3O3/c1-3-21-14(19)8-5-9-17-15(20)18-13-7-4-6-12(10-13)11(2)16/h4,6-7,10-11H,3,5,8-9,16H2,1-2H3,(H2,17,18,20). The second kappa shape index (κ2) is 8.97. The predicted molar refractivity (Wildman–Crippen MR) is 81.9 cm³/mol. The molecule has 6 heteroatoms. The monoisotopic (exact) mass is 293 g/mol. The Kier molecular flexibility index (Phi) is 7.25. The maximum Gasteiger partial charge on any atom is 0.319 e. The molecule has 0 heterocycles. The number of urea groups is 1. The van der Waals surface area contributed by atoms with E-state index >= 15 is 0 Å². The molecule has 1 atom stereocenters.